The van der Waals surface area contributed by atoms with Crippen LogP contribution in [-0.4, -0.2) is 121 Å². The number of esters is 1. The Morgan fingerprint density at radius 2 is 1.95 bits per heavy atom. The van der Waals surface area contributed by atoms with Crippen LogP contribution in [0.3, 0.4) is 0 Å². The number of hydrogen-bond acceptors (Lipinski definition) is 8. The third-order valence-corrected chi connectivity index (χ3v) is 8.57. The number of aliphatic hydroxyl groups is 1. The molecule has 38 heavy (non-hydrogen) atoms. The molecule has 2 amide bonds. The molecule has 4 aliphatic rings. The predicted octanol–water partition coefficient (Wildman–Crippen LogP) is 0.990. The molecule has 0 aromatic carbocycles. The molecule has 0 saturated carbocycles. The van der Waals surface area contributed by atoms with E-state index in [1.165, 1.54) is 0 Å². The molecule has 10 heteroatoms. The van der Waals surface area contributed by atoms with Gasteiger partial charge in [-0.1, -0.05) is 12.2 Å². The number of ether oxygens (including phenoxy) is 3. The lowest BCUT2D eigenvalue weighted by molar-refractivity contribution is -0.160. The summed E-state index contributed by atoms with van der Waals surface area (Å²) in [5, 5.41) is 9.54. The molecule has 1 spiro atoms. The van der Waals surface area contributed by atoms with Crippen molar-refractivity contribution in [3.05, 3.63) is 25.3 Å². The largest absolute Gasteiger partial charge is 0.465 e. The van der Waals surface area contributed by atoms with Gasteiger partial charge in [0.1, 0.15) is 17.6 Å². The molecule has 10 nitrogen and oxygen atoms in total. The van der Waals surface area contributed by atoms with E-state index < -0.39 is 35.0 Å². The molecule has 0 aliphatic carbocycles. The average molecular weight is 534 g/mol. The van der Waals surface area contributed by atoms with E-state index in [0.29, 0.717) is 58.5 Å². The van der Waals surface area contributed by atoms with Crippen molar-refractivity contribution < 1.29 is 33.7 Å². The second kappa shape index (κ2) is 12.3. The minimum absolute atomic E-state index is 0.108. The van der Waals surface area contributed by atoms with E-state index in [1.54, 1.807) is 22.0 Å². The number of fused-ring (bicyclic) bond motifs is 1. The molecular weight excluding hydrogens is 490 g/mol. The highest BCUT2D eigenvalue weighted by Crippen LogP contribution is 2.63. The van der Waals surface area contributed by atoms with Gasteiger partial charge in [0.2, 0.25) is 11.8 Å². The highest BCUT2D eigenvalue weighted by Gasteiger charge is 2.78. The molecule has 2 unspecified atom stereocenters. The quantitative estimate of drug-likeness (QED) is 0.200. The normalized spacial score (nSPS) is 32.3. The van der Waals surface area contributed by atoms with E-state index in [-0.39, 0.29) is 31.6 Å². The van der Waals surface area contributed by atoms with Crippen LogP contribution < -0.4 is 0 Å². The fourth-order valence-corrected chi connectivity index (χ4v) is 6.74. The Labute approximate surface area is 225 Å². The van der Waals surface area contributed by atoms with E-state index in [0.717, 1.165) is 19.5 Å². The van der Waals surface area contributed by atoms with E-state index in [4.69, 9.17) is 14.2 Å². The van der Waals surface area contributed by atoms with Crippen molar-refractivity contribution in [2.24, 2.45) is 11.8 Å². The van der Waals surface area contributed by atoms with Crippen molar-refractivity contribution in [2.45, 2.75) is 56.3 Å². The maximum atomic E-state index is 14.3. The Morgan fingerprint density at radius 1 is 1.18 bits per heavy atom. The monoisotopic (exact) mass is 533 g/mol. The number of carbonyl (C=O) groups is 3. The van der Waals surface area contributed by atoms with Crippen LogP contribution in [0.2, 0.25) is 0 Å². The Hall–Kier alpha value is -2.27. The van der Waals surface area contributed by atoms with Gasteiger partial charge in [-0.15, -0.1) is 13.2 Å². The maximum Gasteiger partial charge on any atom is 0.312 e. The summed E-state index contributed by atoms with van der Waals surface area (Å²) >= 11 is 0. The molecule has 4 aliphatic heterocycles. The number of allylic oxidation sites excluding steroid dienone is 1. The lowest BCUT2D eigenvalue weighted by atomic mass is 9.66. The summed E-state index contributed by atoms with van der Waals surface area (Å²) < 4.78 is 17.7. The number of morpholine rings is 1. The number of aliphatic hydroxyl groups excluding tert-OH is 1. The van der Waals surface area contributed by atoms with Crippen LogP contribution in [0.4, 0.5) is 0 Å². The second-order valence-corrected chi connectivity index (χ2v) is 11.0. The van der Waals surface area contributed by atoms with Crippen LogP contribution in [0.15, 0.2) is 25.3 Å². The summed E-state index contributed by atoms with van der Waals surface area (Å²) in [6.45, 7) is 14.2. The van der Waals surface area contributed by atoms with Crippen LogP contribution in [0, 0.1) is 11.8 Å². The number of amides is 2. The summed E-state index contributed by atoms with van der Waals surface area (Å²) in [4.78, 5) is 47.1. The smallest absolute Gasteiger partial charge is 0.312 e. The zero-order valence-electron chi connectivity index (χ0n) is 22.6. The van der Waals surface area contributed by atoms with E-state index in [1.807, 2.05) is 6.92 Å². The van der Waals surface area contributed by atoms with Crippen molar-refractivity contribution in [1.29, 1.82) is 0 Å². The molecule has 4 saturated heterocycles. The van der Waals surface area contributed by atoms with E-state index in [9.17, 15) is 19.5 Å². The summed E-state index contributed by atoms with van der Waals surface area (Å²) in [5.74, 6) is -2.47. The summed E-state index contributed by atoms with van der Waals surface area (Å²) in [6, 6.07) is -0.864. The van der Waals surface area contributed by atoms with Gasteiger partial charge in [0, 0.05) is 45.9 Å². The van der Waals surface area contributed by atoms with Gasteiger partial charge in [0.25, 0.3) is 0 Å². The standard InChI is InChI=1S/C28H43N3O7/c1-4-6-7-18-37-26(35)22-21-24(33)31(12-8-17-32)23(28(21)10-9-27(22,3)38-28)25(34)30(11-5-2)14-13-29-15-19-36-20-16-29/h4-5,21-23,32H,1-2,6-20H2,3H3/t21-,22+,23?,27-,28?/m0/s1. The predicted molar refractivity (Wildman–Crippen MR) is 140 cm³/mol. The third kappa shape index (κ3) is 5.28. The second-order valence-electron chi connectivity index (χ2n) is 11.0. The zero-order valence-corrected chi connectivity index (χ0v) is 22.6. The Bertz CT molecular complexity index is 907. The topological polar surface area (TPSA) is 109 Å². The highest BCUT2D eigenvalue weighted by molar-refractivity contribution is 5.98. The molecule has 0 aromatic rings. The number of nitrogens with zero attached hydrogens (tertiary/aromatic N) is 3. The van der Waals surface area contributed by atoms with Crippen LogP contribution in [-0.2, 0) is 28.6 Å². The number of rotatable bonds is 14. The lowest BCUT2D eigenvalue weighted by Gasteiger charge is -2.37. The Balaban J connectivity index is 1.60. The first-order valence-electron chi connectivity index (χ1n) is 13.9. The number of unbranched alkanes of at least 4 members (excludes halogenated alkanes) is 1. The average Bonchev–Trinajstić information content (AvgIpc) is 3.48. The fourth-order valence-electron chi connectivity index (χ4n) is 6.74. The van der Waals surface area contributed by atoms with Crippen molar-refractivity contribution in [3.8, 4) is 0 Å². The fraction of sp³-hybridized carbons (Fsp3) is 0.750. The van der Waals surface area contributed by atoms with Crippen LogP contribution in [0.5, 0.6) is 0 Å². The Kier molecular flexibility index (Phi) is 9.28. The number of likely N-dealkylation sites (tertiary alicyclic amines) is 1. The van der Waals surface area contributed by atoms with Gasteiger partial charge in [-0.2, -0.15) is 0 Å². The number of hydrogen-bond donors (Lipinski definition) is 1. The van der Waals surface area contributed by atoms with Gasteiger partial charge < -0.3 is 29.1 Å². The van der Waals surface area contributed by atoms with Crippen LogP contribution in [0.1, 0.15) is 39.0 Å². The van der Waals surface area contributed by atoms with Crippen LogP contribution in [0.25, 0.3) is 0 Å². The van der Waals surface area contributed by atoms with E-state index >= 15 is 0 Å². The first kappa shape index (κ1) is 28.7. The molecule has 1 N–H and O–H groups in total. The zero-order chi connectivity index (χ0) is 27.3. The summed E-state index contributed by atoms with van der Waals surface area (Å²) in [7, 11) is 0. The van der Waals surface area contributed by atoms with Gasteiger partial charge in [0.15, 0.2) is 0 Å². The van der Waals surface area contributed by atoms with Crippen molar-refractivity contribution in [3.63, 3.8) is 0 Å². The first-order chi connectivity index (χ1) is 18.3. The van der Waals surface area contributed by atoms with E-state index in [2.05, 4.69) is 18.1 Å². The molecular formula is C28H43N3O7. The summed E-state index contributed by atoms with van der Waals surface area (Å²) in [5.41, 5.74) is -1.96. The van der Waals surface area contributed by atoms with Crippen molar-refractivity contribution in [1.82, 2.24) is 14.7 Å². The minimum atomic E-state index is -1.10. The molecule has 212 valence electrons. The molecule has 0 radical (unpaired) electrons. The highest BCUT2D eigenvalue weighted by atomic mass is 16.6. The molecule has 0 aromatic heterocycles. The van der Waals surface area contributed by atoms with Gasteiger partial charge in [0.05, 0.1) is 31.3 Å². The first-order valence-corrected chi connectivity index (χ1v) is 13.9. The maximum absolute atomic E-state index is 14.3. The van der Waals surface area contributed by atoms with Crippen molar-refractivity contribution >= 4 is 17.8 Å². The SMILES string of the molecule is C=CCCCOC(=O)[C@H]1[C@H]2C(=O)N(CCCO)C(C(=O)N(CC=C)CCN3CCOCC3)C23CC[C@]1(C)O3. The summed E-state index contributed by atoms with van der Waals surface area (Å²) in [6.07, 6.45) is 6.27. The molecule has 4 heterocycles. The number of carbonyl (C=O) groups excluding carboxylic acids is 3. The lowest BCUT2D eigenvalue weighted by Crippen LogP contribution is -2.57. The van der Waals surface area contributed by atoms with Gasteiger partial charge in [-0.05, 0) is 39.0 Å². The van der Waals surface area contributed by atoms with Gasteiger partial charge in [-0.25, -0.2) is 0 Å². The molecule has 2 bridgehead atoms. The molecule has 4 fully saturated rings. The van der Waals surface area contributed by atoms with Gasteiger partial charge in [-0.3, -0.25) is 19.3 Å². The Morgan fingerprint density at radius 3 is 2.63 bits per heavy atom. The molecule has 5 atom stereocenters. The van der Waals surface area contributed by atoms with Crippen molar-refractivity contribution in [2.75, 3.05) is 65.7 Å². The minimum Gasteiger partial charge on any atom is -0.465 e. The third-order valence-electron chi connectivity index (χ3n) is 8.57. The van der Waals surface area contributed by atoms with Crippen LogP contribution >= 0.6 is 0 Å². The van der Waals surface area contributed by atoms with Gasteiger partial charge >= 0.3 is 5.97 Å². The molecule has 4 rings (SSSR count).